The number of nitrogens with zero attached hydrogens (tertiary/aromatic N) is 1. The third kappa shape index (κ3) is 6.69. The Balaban J connectivity index is 2.44. The van der Waals surface area contributed by atoms with Crippen LogP contribution >= 0.6 is 0 Å². The van der Waals surface area contributed by atoms with Crippen molar-refractivity contribution in [2.24, 2.45) is 17.8 Å². The molecule has 1 heterocycles. The van der Waals surface area contributed by atoms with Crippen LogP contribution in [0.1, 0.15) is 46.5 Å². The summed E-state index contributed by atoms with van der Waals surface area (Å²) in [5, 5.41) is 3.23. The van der Waals surface area contributed by atoms with Crippen LogP contribution in [0.5, 0.6) is 0 Å². The lowest BCUT2D eigenvalue weighted by Gasteiger charge is -2.15. The van der Waals surface area contributed by atoms with Crippen molar-refractivity contribution in [2.45, 2.75) is 46.5 Å². The summed E-state index contributed by atoms with van der Waals surface area (Å²) in [5.41, 5.74) is 0. The topological polar surface area (TPSA) is 49.4 Å². The first-order valence-corrected chi connectivity index (χ1v) is 8.83. The number of hydrogen-bond donors (Lipinski definition) is 1. The van der Waals surface area contributed by atoms with Gasteiger partial charge in [0, 0.05) is 19.5 Å². The van der Waals surface area contributed by atoms with Crippen LogP contribution in [0.4, 0.5) is 0 Å². The van der Waals surface area contributed by atoms with E-state index in [1.807, 2.05) is 12.2 Å². The molecule has 2 unspecified atom stereocenters. The number of amides is 2. The van der Waals surface area contributed by atoms with Crippen molar-refractivity contribution >= 4 is 11.8 Å². The van der Waals surface area contributed by atoms with Crippen LogP contribution in [0.15, 0.2) is 24.8 Å². The van der Waals surface area contributed by atoms with Gasteiger partial charge in [-0.15, -0.1) is 6.58 Å². The van der Waals surface area contributed by atoms with Gasteiger partial charge in [-0.1, -0.05) is 39.0 Å². The summed E-state index contributed by atoms with van der Waals surface area (Å²) in [6.45, 7) is 12.4. The van der Waals surface area contributed by atoms with E-state index in [4.69, 9.17) is 0 Å². The number of nitrogens with one attached hydrogen (secondary N) is 1. The Morgan fingerprint density at radius 2 is 2.09 bits per heavy atom. The minimum Gasteiger partial charge on any atom is -0.315 e. The molecule has 0 aromatic rings. The van der Waals surface area contributed by atoms with E-state index in [1.165, 1.54) is 4.90 Å². The number of allylic oxidation sites excluding steroid dienone is 3. The number of rotatable bonds is 11. The number of carbonyl (C=O) groups is 2. The molecule has 4 nitrogen and oxygen atoms in total. The van der Waals surface area contributed by atoms with Gasteiger partial charge < -0.3 is 5.32 Å². The first-order chi connectivity index (χ1) is 11.0. The van der Waals surface area contributed by atoms with Crippen LogP contribution in [0.25, 0.3) is 0 Å². The largest absolute Gasteiger partial charge is 0.315 e. The lowest BCUT2D eigenvalue weighted by molar-refractivity contribution is -0.139. The van der Waals surface area contributed by atoms with E-state index < -0.39 is 0 Å². The molecule has 0 aromatic heterocycles. The second kappa shape index (κ2) is 10.4. The SMILES string of the molecule is C=CC(C=CCC1CC(=O)N(CCNCCC)C1=O)CC(C)C. The minimum absolute atomic E-state index is 0.0167. The quantitative estimate of drug-likeness (QED) is 0.361. The van der Waals surface area contributed by atoms with E-state index in [9.17, 15) is 9.59 Å². The van der Waals surface area contributed by atoms with Gasteiger partial charge in [0.2, 0.25) is 11.8 Å². The van der Waals surface area contributed by atoms with Crippen LogP contribution in [-0.2, 0) is 9.59 Å². The Bertz CT molecular complexity index is 429. The fourth-order valence-electron chi connectivity index (χ4n) is 2.88. The highest BCUT2D eigenvalue weighted by atomic mass is 16.2. The Kier molecular flexibility index (Phi) is 8.85. The zero-order valence-corrected chi connectivity index (χ0v) is 14.9. The van der Waals surface area contributed by atoms with Crippen molar-refractivity contribution in [1.29, 1.82) is 0 Å². The van der Waals surface area contributed by atoms with Crippen molar-refractivity contribution < 1.29 is 9.59 Å². The van der Waals surface area contributed by atoms with E-state index in [0.717, 1.165) is 19.4 Å². The summed E-state index contributed by atoms with van der Waals surface area (Å²) < 4.78 is 0. The van der Waals surface area contributed by atoms with E-state index in [0.29, 0.717) is 37.8 Å². The maximum absolute atomic E-state index is 12.3. The summed E-state index contributed by atoms with van der Waals surface area (Å²) >= 11 is 0. The Labute approximate surface area is 141 Å². The standard InChI is InChI=1S/C19H32N2O2/c1-5-10-20-11-12-21-18(22)14-17(19(21)23)9-7-8-16(6-2)13-15(3)4/h6-8,15-17,20H,2,5,9-14H2,1,3-4H3. The number of carbonyl (C=O) groups excluding carboxylic acids is 2. The Hall–Kier alpha value is -1.42. The lowest BCUT2D eigenvalue weighted by atomic mass is 9.95. The van der Waals surface area contributed by atoms with E-state index in [-0.39, 0.29) is 17.7 Å². The van der Waals surface area contributed by atoms with Crippen LogP contribution in [-0.4, -0.2) is 36.3 Å². The number of imide groups is 1. The zero-order chi connectivity index (χ0) is 17.2. The highest BCUT2D eigenvalue weighted by molar-refractivity contribution is 6.03. The Morgan fingerprint density at radius 1 is 1.35 bits per heavy atom. The lowest BCUT2D eigenvalue weighted by Crippen LogP contribution is -2.37. The predicted octanol–water partition coefficient (Wildman–Crippen LogP) is 3.16. The number of likely N-dealkylation sites (tertiary alicyclic amines) is 1. The molecule has 1 aliphatic rings. The van der Waals surface area contributed by atoms with Gasteiger partial charge in [-0.2, -0.15) is 0 Å². The Morgan fingerprint density at radius 3 is 2.70 bits per heavy atom. The van der Waals surface area contributed by atoms with Gasteiger partial charge in [0.15, 0.2) is 0 Å². The van der Waals surface area contributed by atoms with Gasteiger partial charge in [0.25, 0.3) is 0 Å². The highest BCUT2D eigenvalue weighted by Crippen LogP contribution is 2.23. The molecule has 1 N–H and O–H groups in total. The average molecular weight is 320 g/mol. The monoisotopic (exact) mass is 320 g/mol. The fourth-order valence-corrected chi connectivity index (χ4v) is 2.88. The summed E-state index contributed by atoms with van der Waals surface area (Å²) in [5.74, 6) is 0.723. The van der Waals surface area contributed by atoms with Gasteiger partial charge in [-0.25, -0.2) is 0 Å². The zero-order valence-electron chi connectivity index (χ0n) is 14.9. The van der Waals surface area contributed by atoms with Crippen LogP contribution in [0, 0.1) is 17.8 Å². The smallest absolute Gasteiger partial charge is 0.233 e. The van der Waals surface area contributed by atoms with Crippen LogP contribution in [0.2, 0.25) is 0 Å². The van der Waals surface area contributed by atoms with Gasteiger partial charge in [-0.05, 0) is 37.6 Å². The maximum atomic E-state index is 12.3. The molecule has 1 fully saturated rings. The molecule has 2 atom stereocenters. The first kappa shape index (κ1) is 19.6. The molecule has 1 aliphatic heterocycles. The maximum Gasteiger partial charge on any atom is 0.233 e. The molecule has 0 aliphatic carbocycles. The predicted molar refractivity (Wildman–Crippen MR) is 94.9 cm³/mol. The van der Waals surface area contributed by atoms with E-state index in [1.54, 1.807) is 0 Å². The van der Waals surface area contributed by atoms with Gasteiger partial charge >= 0.3 is 0 Å². The molecule has 2 amide bonds. The molecule has 0 aromatic carbocycles. The van der Waals surface area contributed by atoms with Crippen LogP contribution in [0.3, 0.4) is 0 Å². The van der Waals surface area contributed by atoms with Gasteiger partial charge in [-0.3, -0.25) is 14.5 Å². The first-order valence-electron chi connectivity index (χ1n) is 8.83. The third-order valence-corrected chi connectivity index (χ3v) is 4.13. The summed E-state index contributed by atoms with van der Waals surface area (Å²) in [7, 11) is 0. The molecule has 0 saturated carbocycles. The van der Waals surface area contributed by atoms with Crippen LogP contribution < -0.4 is 5.32 Å². The molecule has 0 spiro atoms. The molecule has 0 bridgehead atoms. The summed E-state index contributed by atoms with van der Waals surface area (Å²) in [4.78, 5) is 25.7. The second-order valence-corrected chi connectivity index (χ2v) is 6.73. The summed E-state index contributed by atoms with van der Waals surface area (Å²) in [6, 6.07) is 0. The van der Waals surface area contributed by atoms with E-state index >= 15 is 0 Å². The van der Waals surface area contributed by atoms with Crippen molar-refractivity contribution in [3.05, 3.63) is 24.8 Å². The molecule has 1 rings (SSSR count). The average Bonchev–Trinajstić information content (AvgIpc) is 2.77. The van der Waals surface area contributed by atoms with E-state index in [2.05, 4.69) is 38.7 Å². The molecule has 23 heavy (non-hydrogen) atoms. The second-order valence-electron chi connectivity index (χ2n) is 6.73. The summed E-state index contributed by atoms with van der Waals surface area (Å²) in [6.07, 6.45) is 9.22. The molecule has 0 radical (unpaired) electrons. The van der Waals surface area contributed by atoms with Crippen molar-refractivity contribution in [2.75, 3.05) is 19.6 Å². The highest BCUT2D eigenvalue weighted by Gasteiger charge is 2.37. The van der Waals surface area contributed by atoms with Gasteiger partial charge in [0.1, 0.15) is 0 Å². The normalized spacial score (nSPS) is 20.0. The third-order valence-electron chi connectivity index (χ3n) is 4.13. The van der Waals surface area contributed by atoms with Crippen molar-refractivity contribution in [1.82, 2.24) is 10.2 Å². The molecule has 130 valence electrons. The fraction of sp³-hybridized carbons (Fsp3) is 0.684. The molecular weight excluding hydrogens is 288 g/mol. The number of hydrogen-bond acceptors (Lipinski definition) is 3. The minimum atomic E-state index is -0.186. The van der Waals surface area contributed by atoms with Crippen molar-refractivity contribution in [3.8, 4) is 0 Å². The molecule has 4 heteroatoms. The van der Waals surface area contributed by atoms with Gasteiger partial charge in [0.05, 0.1) is 5.92 Å². The molecular formula is C19H32N2O2. The van der Waals surface area contributed by atoms with Crippen molar-refractivity contribution in [3.63, 3.8) is 0 Å². The molecule has 1 saturated heterocycles.